The molecule has 1 aliphatic carbocycles. The first-order valence-electron chi connectivity index (χ1n) is 18.2. The molecule has 7 rings (SSSR count). The van der Waals surface area contributed by atoms with Gasteiger partial charge < -0.3 is 65.4 Å². The summed E-state index contributed by atoms with van der Waals surface area (Å²) >= 11 is 0. The van der Waals surface area contributed by atoms with Crippen molar-refractivity contribution in [3.63, 3.8) is 0 Å². The van der Waals surface area contributed by atoms with Crippen LogP contribution < -0.4 is 27.1 Å². The Labute approximate surface area is 358 Å². The third-order valence-electron chi connectivity index (χ3n) is 9.18. The summed E-state index contributed by atoms with van der Waals surface area (Å²) in [4.78, 5) is 86.6. The van der Waals surface area contributed by atoms with Crippen LogP contribution in [0.4, 0.5) is 16.3 Å². The quantitative estimate of drug-likeness (QED) is 0.0272. The minimum Gasteiger partial charge on any atom is -0.508 e. The van der Waals surface area contributed by atoms with Gasteiger partial charge in [0.05, 0.1) is 18.8 Å². The van der Waals surface area contributed by atoms with Crippen molar-refractivity contribution in [2.45, 2.75) is 24.5 Å². The van der Waals surface area contributed by atoms with Crippen molar-refractivity contribution >= 4 is 69.5 Å². The van der Waals surface area contributed by atoms with Crippen molar-refractivity contribution in [1.82, 2.24) is 30.2 Å². The molecule has 1 amide bonds. The lowest BCUT2D eigenvalue weighted by molar-refractivity contribution is -0.0508. The molecule has 29 heteroatoms. The fourth-order valence-corrected chi connectivity index (χ4v) is 9.66. The summed E-state index contributed by atoms with van der Waals surface area (Å²) in [6, 6.07) is 13.7. The van der Waals surface area contributed by atoms with E-state index in [4.69, 9.17) is 33.9 Å². The molecule has 4 aromatic rings. The number of benzene rings is 3. The number of aldehydes is 1. The Balaban J connectivity index is 0.987. The van der Waals surface area contributed by atoms with E-state index in [1.54, 1.807) is 30.3 Å². The number of aliphatic hydroxyl groups is 1. The second-order valence-electron chi connectivity index (χ2n) is 13.6. The molecular weight excluding hydrogens is 913 g/mol. The number of nitrogen functional groups attached to an aromatic ring is 1. The van der Waals surface area contributed by atoms with Gasteiger partial charge in [0.2, 0.25) is 0 Å². The van der Waals surface area contributed by atoms with E-state index in [2.05, 4.69) is 46.1 Å². The molecule has 338 valence electrons. The van der Waals surface area contributed by atoms with Crippen LogP contribution in [-0.2, 0) is 36.3 Å². The number of phenolic OH excluding ortho intramolecular Hbond substituents is 1. The average Bonchev–Trinajstić information content (AvgIpc) is 3.77. The normalized spacial score (nSPS) is 19.5. The van der Waals surface area contributed by atoms with Gasteiger partial charge in [0.15, 0.2) is 35.5 Å². The third kappa shape index (κ3) is 10.5. The van der Waals surface area contributed by atoms with Crippen LogP contribution in [0.3, 0.4) is 0 Å². The molecule has 0 radical (unpaired) electrons. The molecule has 0 spiro atoms. The number of carbonyl (C=O) groups excluding carboxylic acids is 2. The summed E-state index contributed by atoms with van der Waals surface area (Å²) in [6.45, 7) is 2.71. The predicted octanol–water partition coefficient (Wildman–Crippen LogP) is 2.67. The zero-order chi connectivity index (χ0) is 46.1. The number of fused-ring (bicyclic) bond motifs is 3. The van der Waals surface area contributed by atoms with Gasteiger partial charge in [0, 0.05) is 53.0 Å². The first-order valence-corrected chi connectivity index (χ1v) is 22.7. The average molecular weight is 949 g/mol. The van der Waals surface area contributed by atoms with Crippen LogP contribution in [0.25, 0.3) is 44.6 Å². The number of nitrogens with one attached hydrogen (secondary N) is 3. The van der Waals surface area contributed by atoms with Crippen molar-refractivity contribution in [2.24, 2.45) is 0 Å². The van der Waals surface area contributed by atoms with Crippen LogP contribution in [0.1, 0.15) is 16.6 Å². The van der Waals surface area contributed by atoms with E-state index in [9.17, 15) is 48.1 Å². The minimum absolute atomic E-state index is 0.0313. The highest BCUT2D eigenvalue weighted by Gasteiger charge is 2.49. The highest BCUT2D eigenvalue weighted by Crippen LogP contribution is 2.66. The second-order valence-corrected chi connectivity index (χ2v) is 18.0. The van der Waals surface area contributed by atoms with E-state index in [0.717, 1.165) is 12.7 Å². The summed E-state index contributed by atoms with van der Waals surface area (Å²) in [6.07, 6.45) is -4.82. The lowest BCUT2D eigenvalue weighted by atomic mass is 9.91. The number of nitrogens with zero attached hydrogens (tertiary/aromatic N) is 4. The highest BCUT2D eigenvalue weighted by molar-refractivity contribution is 7.66. The Kier molecular flexibility index (Phi) is 13.0. The van der Waals surface area contributed by atoms with Crippen LogP contribution in [0.2, 0.25) is 0 Å². The van der Waals surface area contributed by atoms with Crippen LogP contribution in [0, 0.1) is 0 Å². The molecule has 3 aliphatic rings. The van der Waals surface area contributed by atoms with Gasteiger partial charge in [-0.25, -0.2) is 33.4 Å². The molecule has 0 saturated carbocycles. The lowest BCUT2D eigenvalue weighted by Crippen LogP contribution is -2.42. The van der Waals surface area contributed by atoms with Gasteiger partial charge in [-0.05, 0) is 42.0 Å². The number of amides is 1. The molecule has 64 heavy (non-hydrogen) atoms. The molecule has 2 aromatic heterocycles. The van der Waals surface area contributed by atoms with Gasteiger partial charge in [-0.3, -0.25) is 18.7 Å². The van der Waals surface area contributed by atoms with E-state index in [0.29, 0.717) is 34.1 Å². The summed E-state index contributed by atoms with van der Waals surface area (Å²) in [5.41, 5.74) is 8.36. The molecule has 2 aromatic carbocycles. The van der Waals surface area contributed by atoms with Gasteiger partial charge in [0.25, 0.3) is 0 Å². The maximum Gasteiger partial charge on any atom is 0.490 e. The predicted molar refractivity (Wildman–Crippen MR) is 220 cm³/mol. The smallest absolute Gasteiger partial charge is 0.490 e. The largest absolute Gasteiger partial charge is 0.508 e. The zero-order valence-electron chi connectivity index (χ0n) is 32.4. The molecule has 4 heterocycles. The van der Waals surface area contributed by atoms with Crippen molar-refractivity contribution < 1.29 is 80.1 Å². The molecule has 0 bridgehead atoms. The fraction of sp³-hybridized carbons (Fsp3) is 0.200. The Bertz CT molecular complexity index is 2960. The number of carbonyl (C=O) groups is 2. The molecule has 1 fully saturated rings. The molecular formula is C35H35N8O18P3. The number of anilines is 2. The summed E-state index contributed by atoms with van der Waals surface area (Å²) < 4.78 is 65.7. The number of nitrogens with two attached hydrogens (primary N) is 1. The Morgan fingerprint density at radius 1 is 0.953 bits per heavy atom. The van der Waals surface area contributed by atoms with Gasteiger partial charge in [-0.15, -0.1) is 0 Å². The number of aromatic nitrogens is 4. The van der Waals surface area contributed by atoms with Crippen molar-refractivity contribution in [2.75, 3.05) is 30.7 Å². The van der Waals surface area contributed by atoms with Gasteiger partial charge >= 0.3 is 29.6 Å². The molecule has 1 saturated heterocycles. The number of aliphatic hydroxyl groups excluding tert-OH is 1. The first-order chi connectivity index (χ1) is 30.2. The molecule has 2 aliphatic heterocycles. The van der Waals surface area contributed by atoms with E-state index in [1.165, 1.54) is 28.8 Å². The van der Waals surface area contributed by atoms with Gasteiger partial charge in [-0.2, -0.15) is 8.62 Å². The first kappa shape index (κ1) is 45.9. The number of aromatic hydroxyl groups is 1. The lowest BCUT2D eigenvalue weighted by Gasteiger charge is -2.22. The summed E-state index contributed by atoms with van der Waals surface area (Å²) in [5, 5.41) is 30.3. The SMILES string of the molecule is C=C(NCCNC(=O)OC1[C@@H](COP(=O)(O)OP(=O)(O)OP(=O)(O)O)O[C@@H](n2cnc3c(N)ncnc32)[C@H]1O)Nc1ccc(-c2c3ccc(=O)cc-3oc3cc(O)ccc23)c(C=O)c1. The van der Waals surface area contributed by atoms with Crippen LogP contribution in [0.15, 0.2) is 88.9 Å². The number of phosphoric acid groups is 3. The Hall–Kier alpha value is -6.11. The zero-order valence-corrected chi connectivity index (χ0v) is 35.0. The van der Waals surface area contributed by atoms with Gasteiger partial charge in [0.1, 0.15) is 41.1 Å². The van der Waals surface area contributed by atoms with Crippen molar-refractivity contribution in [3.8, 4) is 28.2 Å². The molecule has 3 unspecified atom stereocenters. The minimum atomic E-state index is -5.88. The number of imidazole rings is 1. The van der Waals surface area contributed by atoms with Crippen LogP contribution >= 0.6 is 23.5 Å². The van der Waals surface area contributed by atoms with Crippen LogP contribution in [0.5, 0.6) is 5.75 Å². The Morgan fingerprint density at radius 2 is 1.70 bits per heavy atom. The number of phenols is 1. The monoisotopic (exact) mass is 948 g/mol. The standard InChI is InChI=1S/C35H35N8O18P3/c1-17(42-19-2-5-22(18(10-19)13-44)28-23-6-3-20(45)11-25(23)57-26-12-21(46)4-7-24(26)28)37-8-9-38-35(48)59-31-27(14-56-63(52,53)61-64(54,55)60-62(49,50)51)58-34(30(31)47)43-16-41-29-32(36)39-15-40-33(29)43/h2-7,10-13,15-16,27,30-31,34,37,42,45,47H,1,8-9,14H2,(H,38,48)(H,52,53)(H,54,55)(H2,36,39,40)(H2,49,50,51)/t27-,30+,31?,34-/m1/s1. The topological polar surface area (TPSA) is 389 Å². The molecule has 26 nitrogen and oxygen atoms in total. The van der Waals surface area contributed by atoms with E-state index >= 15 is 0 Å². The van der Waals surface area contributed by atoms with E-state index in [-0.39, 0.29) is 64.0 Å². The summed E-state index contributed by atoms with van der Waals surface area (Å²) in [7, 11) is -17.2. The van der Waals surface area contributed by atoms with Crippen LogP contribution in [-0.4, -0.2) is 99.7 Å². The molecule has 6 atom stereocenters. The number of ether oxygens (including phenoxy) is 2. The Morgan fingerprint density at radius 3 is 2.45 bits per heavy atom. The fourth-order valence-electron chi connectivity index (χ4n) is 6.63. The van der Waals surface area contributed by atoms with Crippen molar-refractivity contribution in [3.05, 3.63) is 95.4 Å². The van der Waals surface area contributed by atoms with Crippen molar-refractivity contribution in [1.29, 1.82) is 0 Å². The number of alkyl carbamates (subject to hydrolysis) is 1. The maximum absolute atomic E-state index is 13.0. The number of hydrogen-bond donors (Lipinski definition) is 10. The third-order valence-corrected chi connectivity index (χ3v) is 13.0. The van der Waals surface area contributed by atoms with E-state index in [1.807, 2.05) is 0 Å². The van der Waals surface area contributed by atoms with E-state index < -0.39 is 60.7 Å². The highest BCUT2D eigenvalue weighted by atomic mass is 31.3. The molecule has 11 N–H and O–H groups in total. The van der Waals surface area contributed by atoms with Gasteiger partial charge in [-0.1, -0.05) is 12.6 Å². The number of rotatable bonds is 17. The number of phosphoric ester groups is 1. The maximum atomic E-state index is 13.0. The summed E-state index contributed by atoms with van der Waals surface area (Å²) in [5.74, 6) is 0.393. The second kappa shape index (κ2) is 18.2. The number of hydrogen-bond acceptors (Lipinski definition) is 20.